The Morgan fingerprint density at radius 3 is 1.94 bits per heavy atom. The summed E-state index contributed by atoms with van der Waals surface area (Å²) in [7, 11) is 1.90. The van der Waals surface area contributed by atoms with E-state index in [1.165, 1.54) is 32.1 Å². The molecular formula is C15H26O. The molecular weight excluding hydrogens is 196 g/mol. The fourth-order valence-electron chi connectivity index (χ4n) is 5.42. The molecule has 0 amide bonds. The maximum atomic E-state index is 5.64. The highest BCUT2D eigenvalue weighted by Crippen LogP contribution is 2.61. The first-order chi connectivity index (χ1) is 7.73. The highest BCUT2D eigenvalue weighted by molar-refractivity contribution is 5.02. The molecule has 4 fully saturated rings. The molecule has 4 bridgehead atoms. The fraction of sp³-hybridized carbons (Fsp3) is 1.00. The topological polar surface area (TPSA) is 9.23 Å². The minimum absolute atomic E-state index is 0.524. The minimum atomic E-state index is 0.524. The van der Waals surface area contributed by atoms with Crippen LogP contribution in [0.1, 0.15) is 58.3 Å². The second kappa shape index (κ2) is 4.01. The normalized spacial score (nSPS) is 47.2. The van der Waals surface area contributed by atoms with E-state index in [2.05, 4.69) is 6.92 Å². The van der Waals surface area contributed by atoms with Gasteiger partial charge in [-0.25, -0.2) is 0 Å². The van der Waals surface area contributed by atoms with Crippen LogP contribution in [0.15, 0.2) is 0 Å². The summed E-state index contributed by atoms with van der Waals surface area (Å²) in [6.07, 6.45) is 12.3. The second-order valence-electron chi connectivity index (χ2n) is 6.89. The molecule has 0 aromatic carbocycles. The molecule has 4 saturated carbocycles. The number of methoxy groups -OCH3 is 1. The number of hydrogen-bond acceptors (Lipinski definition) is 1. The Balaban J connectivity index is 1.73. The smallest absolute Gasteiger partial charge is 0.0574 e. The van der Waals surface area contributed by atoms with Crippen molar-refractivity contribution in [1.29, 1.82) is 0 Å². The molecule has 92 valence electrons. The molecule has 0 N–H and O–H groups in total. The van der Waals surface area contributed by atoms with E-state index in [1.807, 2.05) is 7.11 Å². The zero-order valence-electron chi connectivity index (χ0n) is 10.9. The summed E-state index contributed by atoms with van der Waals surface area (Å²) in [6.45, 7) is 2.27. The van der Waals surface area contributed by atoms with E-state index in [0.717, 1.165) is 17.8 Å². The standard InChI is InChI=1S/C15H26O/c1-3-14(16-2)10-15-7-11-4-12(8-15)6-13(5-11)9-15/h11-14H,3-10H2,1-2H3. The Morgan fingerprint density at radius 2 is 1.56 bits per heavy atom. The molecule has 1 unspecified atom stereocenters. The lowest BCUT2D eigenvalue weighted by Crippen LogP contribution is -2.47. The van der Waals surface area contributed by atoms with Crippen LogP contribution in [0.3, 0.4) is 0 Å². The van der Waals surface area contributed by atoms with Gasteiger partial charge < -0.3 is 4.74 Å². The van der Waals surface area contributed by atoms with Crippen molar-refractivity contribution in [2.45, 2.75) is 64.4 Å². The van der Waals surface area contributed by atoms with Gasteiger partial charge in [0, 0.05) is 7.11 Å². The average Bonchev–Trinajstić information content (AvgIpc) is 2.24. The minimum Gasteiger partial charge on any atom is -0.381 e. The van der Waals surface area contributed by atoms with Crippen LogP contribution in [0.25, 0.3) is 0 Å². The largest absolute Gasteiger partial charge is 0.381 e. The lowest BCUT2D eigenvalue weighted by Gasteiger charge is -2.57. The molecule has 1 nitrogen and oxygen atoms in total. The van der Waals surface area contributed by atoms with Gasteiger partial charge in [0.25, 0.3) is 0 Å². The monoisotopic (exact) mass is 222 g/mol. The molecule has 4 rings (SSSR count). The summed E-state index contributed by atoms with van der Waals surface area (Å²) in [5, 5.41) is 0. The SMILES string of the molecule is CCC(CC12CC3CC(CC(C3)C1)C2)OC. The second-order valence-corrected chi connectivity index (χ2v) is 6.89. The third-order valence-electron chi connectivity index (χ3n) is 5.61. The molecule has 0 aromatic heterocycles. The molecule has 1 heteroatoms. The van der Waals surface area contributed by atoms with Gasteiger partial charge in [-0.05, 0) is 74.5 Å². The van der Waals surface area contributed by atoms with Crippen LogP contribution in [-0.4, -0.2) is 13.2 Å². The summed E-state index contributed by atoms with van der Waals surface area (Å²) in [5.41, 5.74) is 0.700. The van der Waals surface area contributed by atoms with E-state index in [1.54, 1.807) is 19.3 Å². The lowest BCUT2D eigenvalue weighted by molar-refractivity contribution is -0.0816. The first-order valence-corrected chi connectivity index (χ1v) is 7.26. The van der Waals surface area contributed by atoms with Gasteiger partial charge in [0.15, 0.2) is 0 Å². The van der Waals surface area contributed by atoms with Crippen molar-refractivity contribution in [3.05, 3.63) is 0 Å². The predicted molar refractivity (Wildman–Crippen MR) is 66.3 cm³/mol. The maximum absolute atomic E-state index is 5.64. The number of hydrogen-bond donors (Lipinski definition) is 0. The lowest BCUT2D eigenvalue weighted by atomic mass is 9.48. The van der Waals surface area contributed by atoms with Gasteiger partial charge in [0.2, 0.25) is 0 Å². The van der Waals surface area contributed by atoms with Crippen molar-refractivity contribution in [3.63, 3.8) is 0 Å². The first-order valence-electron chi connectivity index (χ1n) is 7.26. The summed E-state index contributed by atoms with van der Waals surface area (Å²) in [4.78, 5) is 0. The highest BCUT2D eigenvalue weighted by Gasteiger charge is 2.51. The molecule has 16 heavy (non-hydrogen) atoms. The van der Waals surface area contributed by atoms with Crippen LogP contribution in [0.2, 0.25) is 0 Å². The van der Waals surface area contributed by atoms with E-state index < -0.39 is 0 Å². The fourth-order valence-corrected chi connectivity index (χ4v) is 5.42. The Kier molecular flexibility index (Phi) is 2.78. The number of rotatable bonds is 4. The van der Waals surface area contributed by atoms with Gasteiger partial charge >= 0.3 is 0 Å². The van der Waals surface area contributed by atoms with E-state index >= 15 is 0 Å². The van der Waals surface area contributed by atoms with E-state index in [0.29, 0.717) is 11.5 Å². The zero-order valence-corrected chi connectivity index (χ0v) is 10.9. The van der Waals surface area contributed by atoms with Crippen molar-refractivity contribution in [3.8, 4) is 0 Å². The van der Waals surface area contributed by atoms with Gasteiger partial charge in [0.05, 0.1) is 6.10 Å². The summed E-state index contributed by atoms with van der Waals surface area (Å²) < 4.78 is 5.64. The van der Waals surface area contributed by atoms with Crippen molar-refractivity contribution < 1.29 is 4.74 Å². The summed E-state index contributed by atoms with van der Waals surface area (Å²) >= 11 is 0. The van der Waals surface area contributed by atoms with Crippen LogP contribution < -0.4 is 0 Å². The molecule has 0 aromatic rings. The van der Waals surface area contributed by atoms with Gasteiger partial charge in [-0.1, -0.05) is 6.92 Å². The van der Waals surface area contributed by atoms with Crippen LogP contribution in [0, 0.1) is 23.2 Å². The van der Waals surface area contributed by atoms with Crippen LogP contribution in [0.4, 0.5) is 0 Å². The highest BCUT2D eigenvalue weighted by atomic mass is 16.5. The average molecular weight is 222 g/mol. The van der Waals surface area contributed by atoms with Gasteiger partial charge in [-0.3, -0.25) is 0 Å². The molecule has 0 radical (unpaired) electrons. The van der Waals surface area contributed by atoms with Gasteiger partial charge in [-0.15, -0.1) is 0 Å². The zero-order chi connectivity index (χ0) is 11.2. The Morgan fingerprint density at radius 1 is 1.06 bits per heavy atom. The number of ether oxygens (including phenoxy) is 1. The third kappa shape index (κ3) is 1.81. The maximum Gasteiger partial charge on any atom is 0.0574 e. The third-order valence-corrected chi connectivity index (χ3v) is 5.61. The van der Waals surface area contributed by atoms with E-state index in [4.69, 9.17) is 4.74 Å². The van der Waals surface area contributed by atoms with Crippen molar-refractivity contribution in [2.75, 3.05) is 7.11 Å². The Labute approximate surface area is 99.9 Å². The van der Waals surface area contributed by atoms with Gasteiger partial charge in [0.1, 0.15) is 0 Å². The quantitative estimate of drug-likeness (QED) is 0.698. The van der Waals surface area contributed by atoms with Crippen molar-refractivity contribution in [1.82, 2.24) is 0 Å². The van der Waals surface area contributed by atoms with Crippen LogP contribution in [-0.2, 0) is 4.74 Å². The predicted octanol–water partition coefficient (Wildman–Crippen LogP) is 4.02. The molecule has 0 heterocycles. The Hall–Kier alpha value is -0.0400. The van der Waals surface area contributed by atoms with E-state index in [-0.39, 0.29) is 0 Å². The molecule has 1 atom stereocenters. The molecule has 4 aliphatic carbocycles. The summed E-state index contributed by atoms with van der Waals surface area (Å²) in [5.74, 6) is 3.25. The molecule has 0 aliphatic heterocycles. The Bertz CT molecular complexity index is 219. The molecule has 4 aliphatic rings. The van der Waals surface area contributed by atoms with Crippen LogP contribution >= 0.6 is 0 Å². The molecule has 0 saturated heterocycles. The van der Waals surface area contributed by atoms with E-state index in [9.17, 15) is 0 Å². The first kappa shape index (κ1) is 11.1. The van der Waals surface area contributed by atoms with Gasteiger partial charge in [-0.2, -0.15) is 0 Å². The van der Waals surface area contributed by atoms with Crippen LogP contribution in [0.5, 0.6) is 0 Å². The molecule has 0 spiro atoms. The van der Waals surface area contributed by atoms with Crippen molar-refractivity contribution >= 4 is 0 Å². The van der Waals surface area contributed by atoms with Crippen molar-refractivity contribution in [2.24, 2.45) is 23.2 Å². The summed E-state index contributed by atoms with van der Waals surface area (Å²) in [6, 6.07) is 0.